The maximum Gasteiger partial charge on any atom is 0.237 e. The topological polar surface area (TPSA) is 76.7 Å². The summed E-state index contributed by atoms with van der Waals surface area (Å²) in [4.78, 5) is 25.6. The third kappa shape index (κ3) is 7.63. The van der Waals surface area contributed by atoms with Crippen LogP contribution in [0.2, 0.25) is 0 Å². The summed E-state index contributed by atoms with van der Waals surface area (Å²) in [5, 5.41) is 5.48. The maximum absolute atomic E-state index is 12.6. The van der Waals surface area contributed by atoms with Crippen LogP contribution < -0.4 is 20.1 Å². The summed E-state index contributed by atoms with van der Waals surface area (Å²) >= 11 is 1.44. The number of carbonyl (C=O) groups excluding carboxylic acids is 2. The summed E-state index contributed by atoms with van der Waals surface area (Å²) in [5.74, 6) is 1.07. The molecule has 2 amide bonds. The molecule has 0 radical (unpaired) electrons. The quantitative estimate of drug-likeness (QED) is 0.563. The monoisotopic (exact) mass is 430 g/mol. The molecule has 0 spiro atoms. The van der Waals surface area contributed by atoms with Gasteiger partial charge in [-0.25, -0.2) is 0 Å². The number of ether oxygens (including phenoxy) is 2. The molecule has 6 nitrogen and oxygen atoms in total. The summed E-state index contributed by atoms with van der Waals surface area (Å²) in [6.45, 7) is 7.93. The van der Waals surface area contributed by atoms with Gasteiger partial charge in [0.15, 0.2) is 0 Å². The highest BCUT2D eigenvalue weighted by molar-refractivity contribution is 8.00. The van der Waals surface area contributed by atoms with Gasteiger partial charge in [0.2, 0.25) is 11.8 Å². The molecule has 2 rings (SSSR count). The zero-order chi connectivity index (χ0) is 22.3. The first kappa shape index (κ1) is 23.6. The Hall–Kier alpha value is -2.67. The normalized spacial score (nSPS) is 12.1. The molecule has 30 heavy (non-hydrogen) atoms. The van der Waals surface area contributed by atoms with Crippen molar-refractivity contribution in [3.8, 4) is 11.5 Å². The van der Waals surface area contributed by atoms with E-state index in [2.05, 4.69) is 10.6 Å². The van der Waals surface area contributed by atoms with Crippen molar-refractivity contribution < 1.29 is 19.1 Å². The van der Waals surface area contributed by atoms with Crippen molar-refractivity contribution in [2.24, 2.45) is 5.41 Å². The molecule has 2 aromatic rings. The third-order valence-corrected chi connectivity index (χ3v) is 5.24. The number of amides is 2. The number of rotatable bonds is 8. The third-order valence-electron chi connectivity index (χ3n) is 4.13. The second kappa shape index (κ2) is 10.4. The van der Waals surface area contributed by atoms with Crippen molar-refractivity contribution in [2.45, 2.75) is 44.3 Å². The van der Waals surface area contributed by atoms with E-state index in [9.17, 15) is 9.59 Å². The molecule has 0 bridgehead atoms. The summed E-state index contributed by atoms with van der Waals surface area (Å²) < 4.78 is 10.5. The molecule has 0 saturated carbocycles. The van der Waals surface area contributed by atoms with Gasteiger partial charge in [-0.1, -0.05) is 20.8 Å². The highest BCUT2D eigenvalue weighted by atomic mass is 32.2. The van der Waals surface area contributed by atoms with Crippen LogP contribution >= 0.6 is 11.8 Å². The highest BCUT2D eigenvalue weighted by Crippen LogP contribution is 2.29. The Morgan fingerprint density at radius 3 is 2.00 bits per heavy atom. The number of methoxy groups -OCH3 is 2. The Morgan fingerprint density at radius 1 is 0.933 bits per heavy atom. The number of hydrogen-bond acceptors (Lipinski definition) is 5. The standard InChI is InChI=1S/C23H30N2O4S/c1-15(22(27)25-17-11-18(28-5)13-19(12-17)29-6)30-20-9-7-16(8-10-20)24-21(26)14-23(2,3)4/h7-13,15H,14H2,1-6H3,(H,24,26)(H,25,27). The maximum atomic E-state index is 12.6. The molecule has 2 N–H and O–H groups in total. The molecule has 0 aromatic heterocycles. The van der Waals surface area contributed by atoms with Crippen LogP contribution in [0.25, 0.3) is 0 Å². The second-order valence-corrected chi connectivity index (χ2v) is 9.57. The fourth-order valence-electron chi connectivity index (χ4n) is 2.68. The Morgan fingerprint density at radius 2 is 1.50 bits per heavy atom. The molecule has 2 aromatic carbocycles. The molecule has 1 unspecified atom stereocenters. The van der Waals surface area contributed by atoms with Crippen LogP contribution in [-0.4, -0.2) is 31.3 Å². The van der Waals surface area contributed by atoms with Gasteiger partial charge in [0, 0.05) is 40.9 Å². The predicted octanol–water partition coefficient (Wildman–Crippen LogP) is 5.20. The van der Waals surface area contributed by atoms with Crippen LogP contribution in [0.15, 0.2) is 47.4 Å². The van der Waals surface area contributed by atoms with Crippen LogP contribution in [0.3, 0.4) is 0 Å². The minimum Gasteiger partial charge on any atom is -0.497 e. The van der Waals surface area contributed by atoms with Gasteiger partial charge in [-0.3, -0.25) is 9.59 Å². The Bertz CT molecular complexity index is 854. The highest BCUT2D eigenvalue weighted by Gasteiger charge is 2.17. The van der Waals surface area contributed by atoms with Crippen LogP contribution in [0.4, 0.5) is 11.4 Å². The van der Waals surface area contributed by atoms with Crippen LogP contribution in [0.1, 0.15) is 34.1 Å². The molecule has 0 heterocycles. The first-order chi connectivity index (χ1) is 14.1. The fourth-order valence-corrected chi connectivity index (χ4v) is 3.55. The minimum atomic E-state index is -0.316. The molecule has 0 aliphatic carbocycles. The number of benzene rings is 2. The zero-order valence-electron chi connectivity index (χ0n) is 18.4. The van der Waals surface area contributed by atoms with Gasteiger partial charge in [-0.05, 0) is 36.6 Å². The van der Waals surface area contributed by atoms with Gasteiger partial charge in [0.25, 0.3) is 0 Å². The predicted molar refractivity (Wildman–Crippen MR) is 123 cm³/mol. The first-order valence-electron chi connectivity index (χ1n) is 9.70. The largest absolute Gasteiger partial charge is 0.497 e. The first-order valence-corrected chi connectivity index (χ1v) is 10.6. The van der Waals surface area contributed by atoms with E-state index >= 15 is 0 Å². The van der Waals surface area contributed by atoms with Gasteiger partial charge in [0.05, 0.1) is 19.5 Å². The molecule has 1 atom stereocenters. The van der Waals surface area contributed by atoms with Crippen molar-refractivity contribution in [1.29, 1.82) is 0 Å². The van der Waals surface area contributed by atoms with Crippen molar-refractivity contribution in [2.75, 3.05) is 24.9 Å². The fraction of sp³-hybridized carbons (Fsp3) is 0.391. The summed E-state index contributed by atoms with van der Waals surface area (Å²) in [7, 11) is 3.13. The van der Waals surface area contributed by atoms with Crippen molar-refractivity contribution in [3.63, 3.8) is 0 Å². The van der Waals surface area contributed by atoms with Gasteiger partial charge >= 0.3 is 0 Å². The smallest absolute Gasteiger partial charge is 0.237 e. The summed E-state index contributed by atoms with van der Waals surface area (Å²) in [5.41, 5.74) is 1.30. The Labute approximate surface area is 182 Å². The minimum absolute atomic E-state index is 0.00985. The average molecular weight is 431 g/mol. The van der Waals surface area contributed by atoms with Gasteiger partial charge < -0.3 is 20.1 Å². The summed E-state index contributed by atoms with van der Waals surface area (Å²) in [6.07, 6.45) is 0.454. The summed E-state index contributed by atoms with van der Waals surface area (Å²) in [6, 6.07) is 12.7. The van der Waals surface area contributed by atoms with E-state index in [4.69, 9.17) is 9.47 Å². The van der Waals surface area contributed by atoms with Crippen LogP contribution in [0, 0.1) is 5.41 Å². The molecule has 0 saturated heterocycles. The lowest BCUT2D eigenvalue weighted by Gasteiger charge is -2.17. The van der Waals surface area contributed by atoms with E-state index in [1.54, 1.807) is 32.4 Å². The van der Waals surface area contributed by atoms with Crippen molar-refractivity contribution in [1.82, 2.24) is 0 Å². The molecular weight excluding hydrogens is 400 g/mol. The van der Waals surface area contributed by atoms with Crippen LogP contribution in [-0.2, 0) is 9.59 Å². The van der Waals surface area contributed by atoms with E-state index in [1.807, 2.05) is 52.0 Å². The molecule has 0 aliphatic heterocycles. The van der Waals surface area contributed by atoms with E-state index < -0.39 is 0 Å². The molecule has 0 fully saturated rings. The SMILES string of the molecule is COc1cc(NC(=O)C(C)Sc2ccc(NC(=O)CC(C)(C)C)cc2)cc(OC)c1. The molecule has 7 heteroatoms. The number of nitrogens with one attached hydrogen (secondary N) is 2. The lowest BCUT2D eigenvalue weighted by molar-refractivity contribution is -0.118. The number of carbonyl (C=O) groups is 2. The van der Waals surface area contributed by atoms with E-state index in [-0.39, 0.29) is 22.5 Å². The van der Waals surface area contributed by atoms with Crippen LogP contribution in [0.5, 0.6) is 11.5 Å². The Balaban J connectivity index is 1.95. The van der Waals surface area contributed by atoms with Crippen molar-refractivity contribution in [3.05, 3.63) is 42.5 Å². The average Bonchev–Trinajstić information content (AvgIpc) is 2.67. The number of thioether (sulfide) groups is 1. The lowest BCUT2D eigenvalue weighted by Crippen LogP contribution is -2.22. The molecule has 0 aliphatic rings. The van der Waals surface area contributed by atoms with E-state index in [1.165, 1.54) is 11.8 Å². The lowest BCUT2D eigenvalue weighted by atomic mass is 9.92. The Kier molecular flexibility index (Phi) is 8.17. The number of anilines is 2. The van der Waals surface area contributed by atoms with Gasteiger partial charge in [-0.2, -0.15) is 0 Å². The zero-order valence-corrected chi connectivity index (χ0v) is 19.2. The second-order valence-electron chi connectivity index (χ2n) is 8.16. The van der Waals surface area contributed by atoms with E-state index in [0.29, 0.717) is 23.6 Å². The molecule has 162 valence electrons. The number of hydrogen-bond donors (Lipinski definition) is 2. The van der Waals surface area contributed by atoms with E-state index in [0.717, 1.165) is 10.6 Å². The van der Waals surface area contributed by atoms with Gasteiger partial charge in [-0.15, -0.1) is 11.8 Å². The van der Waals surface area contributed by atoms with Gasteiger partial charge in [0.1, 0.15) is 11.5 Å². The molecular formula is C23H30N2O4S. The van der Waals surface area contributed by atoms with Crippen molar-refractivity contribution >= 4 is 35.0 Å².